The summed E-state index contributed by atoms with van der Waals surface area (Å²) in [6, 6.07) is 1.87. The molecule has 0 aliphatic carbocycles. The first-order valence-corrected chi connectivity index (χ1v) is 6.38. The van der Waals surface area contributed by atoms with E-state index >= 15 is 0 Å². The van der Waals surface area contributed by atoms with Gasteiger partial charge in [0.25, 0.3) is 0 Å². The molecule has 0 aromatic carbocycles. The molecule has 0 spiro atoms. The molecule has 2 rings (SSSR count). The van der Waals surface area contributed by atoms with Crippen LogP contribution in [0.4, 0.5) is 5.82 Å². The minimum absolute atomic E-state index is 0.419. The average Bonchev–Trinajstić information content (AvgIpc) is 2.85. The molecule has 2 aromatic heterocycles. The van der Waals surface area contributed by atoms with Gasteiger partial charge in [-0.3, -0.25) is 0 Å². The van der Waals surface area contributed by atoms with Crippen molar-refractivity contribution in [1.29, 1.82) is 0 Å². The fourth-order valence-electron chi connectivity index (χ4n) is 1.86. The molecule has 7 nitrogen and oxygen atoms in total. The van der Waals surface area contributed by atoms with Crippen molar-refractivity contribution < 1.29 is 0 Å². The summed E-state index contributed by atoms with van der Waals surface area (Å²) in [7, 11) is 0. The van der Waals surface area contributed by atoms with Crippen LogP contribution in [0.3, 0.4) is 0 Å². The summed E-state index contributed by atoms with van der Waals surface area (Å²) in [5, 5.41) is 11.3. The number of nitrogens with one attached hydrogen (secondary N) is 1. The molecule has 0 aliphatic rings. The van der Waals surface area contributed by atoms with Gasteiger partial charge in [0.1, 0.15) is 23.8 Å². The molecule has 7 heteroatoms. The van der Waals surface area contributed by atoms with E-state index < -0.39 is 0 Å². The van der Waals surface area contributed by atoms with Crippen LogP contribution < -0.4 is 11.1 Å². The van der Waals surface area contributed by atoms with Crippen molar-refractivity contribution in [3.63, 3.8) is 0 Å². The molecule has 0 unspecified atom stereocenters. The first-order valence-electron chi connectivity index (χ1n) is 6.38. The maximum Gasteiger partial charge on any atom is 0.134 e. The van der Waals surface area contributed by atoms with E-state index in [9.17, 15) is 0 Å². The third-order valence-electron chi connectivity index (χ3n) is 2.79. The number of hydrogen-bond donors (Lipinski definition) is 2. The number of nitrogens with two attached hydrogens (primary N) is 1. The second-order valence-corrected chi connectivity index (χ2v) is 4.21. The average molecular weight is 261 g/mol. The fraction of sp³-hybridized carbons (Fsp3) is 0.500. The van der Waals surface area contributed by atoms with E-state index in [-0.39, 0.29) is 0 Å². The first-order chi connectivity index (χ1) is 9.22. The number of aryl methyl sites for hydroxylation is 2. The third-order valence-corrected chi connectivity index (χ3v) is 2.79. The van der Waals surface area contributed by atoms with Crippen LogP contribution >= 0.6 is 0 Å². The fourth-order valence-corrected chi connectivity index (χ4v) is 1.86. The lowest BCUT2D eigenvalue weighted by Gasteiger charge is -2.08. The highest BCUT2D eigenvalue weighted by Gasteiger charge is 2.04. The van der Waals surface area contributed by atoms with Crippen molar-refractivity contribution in [2.24, 2.45) is 5.73 Å². The van der Waals surface area contributed by atoms with E-state index in [1.54, 1.807) is 6.33 Å². The predicted octanol–water partition coefficient (Wildman–Crippen LogP) is 0.510. The Hall–Kier alpha value is -2.02. The maximum atomic E-state index is 5.59. The SMILES string of the molecule is CCn1cnnc1CCNc1cc(CN)nc(C)n1. The van der Waals surface area contributed by atoms with E-state index in [0.717, 1.165) is 42.7 Å². The zero-order chi connectivity index (χ0) is 13.7. The summed E-state index contributed by atoms with van der Waals surface area (Å²) >= 11 is 0. The summed E-state index contributed by atoms with van der Waals surface area (Å²) < 4.78 is 2.03. The molecular formula is C12H19N7. The second-order valence-electron chi connectivity index (χ2n) is 4.21. The molecule has 0 aliphatic heterocycles. The van der Waals surface area contributed by atoms with Gasteiger partial charge in [0.2, 0.25) is 0 Å². The Labute approximate surface area is 112 Å². The molecule has 0 radical (unpaired) electrons. The Kier molecular flexibility index (Phi) is 4.40. The molecule has 0 bridgehead atoms. The highest BCUT2D eigenvalue weighted by atomic mass is 15.3. The quantitative estimate of drug-likeness (QED) is 0.786. The number of rotatable bonds is 6. The highest BCUT2D eigenvalue weighted by Crippen LogP contribution is 2.06. The predicted molar refractivity (Wildman–Crippen MR) is 72.6 cm³/mol. The van der Waals surface area contributed by atoms with Gasteiger partial charge in [-0.25, -0.2) is 9.97 Å². The lowest BCUT2D eigenvalue weighted by atomic mass is 10.3. The number of hydrogen-bond acceptors (Lipinski definition) is 6. The van der Waals surface area contributed by atoms with Crippen LogP contribution in [0.5, 0.6) is 0 Å². The summed E-state index contributed by atoms with van der Waals surface area (Å²) in [4.78, 5) is 8.56. The molecule has 19 heavy (non-hydrogen) atoms. The van der Waals surface area contributed by atoms with Crippen molar-refractivity contribution in [2.75, 3.05) is 11.9 Å². The summed E-state index contributed by atoms with van der Waals surface area (Å²) in [6.07, 6.45) is 2.55. The van der Waals surface area contributed by atoms with Crippen LogP contribution in [0, 0.1) is 6.92 Å². The molecule has 2 aromatic rings. The normalized spacial score (nSPS) is 10.7. The van der Waals surface area contributed by atoms with Gasteiger partial charge in [0.15, 0.2) is 0 Å². The molecule has 0 fully saturated rings. The topological polar surface area (TPSA) is 94.5 Å². The van der Waals surface area contributed by atoms with Crippen molar-refractivity contribution in [2.45, 2.75) is 33.4 Å². The van der Waals surface area contributed by atoms with Gasteiger partial charge in [0, 0.05) is 32.1 Å². The molecule has 102 valence electrons. The van der Waals surface area contributed by atoms with E-state index in [1.165, 1.54) is 0 Å². The van der Waals surface area contributed by atoms with E-state index in [2.05, 4.69) is 32.4 Å². The highest BCUT2D eigenvalue weighted by molar-refractivity contribution is 5.36. The number of anilines is 1. The molecule has 0 atom stereocenters. The Morgan fingerprint density at radius 1 is 1.37 bits per heavy atom. The molecule has 0 amide bonds. The van der Waals surface area contributed by atoms with E-state index in [0.29, 0.717) is 6.54 Å². The Bertz CT molecular complexity index is 535. The lowest BCUT2D eigenvalue weighted by molar-refractivity contribution is 0.697. The lowest BCUT2D eigenvalue weighted by Crippen LogP contribution is -2.12. The summed E-state index contributed by atoms with van der Waals surface area (Å²) in [5.74, 6) is 2.50. The van der Waals surface area contributed by atoms with Gasteiger partial charge >= 0.3 is 0 Å². The Balaban J connectivity index is 1.94. The van der Waals surface area contributed by atoms with Gasteiger partial charge in [-0.1, -0.05) is 0 Å². The molecule has 0 saturated heterocycles. The van der Waals surface area contributed by atoms with Gasteiger partial charge in [-0.2, -0.15) is 0 Å². The van der Waals surface area contributed by atoms with E-state index in [1.807, 2.05) is 17.6 Å². The summed E-state index contributed by atoms with van der Waals surface area (Å²) in [6.45, 7) is 5.98. The Morgan fingerprint density at radius 2 is 2.21 bits per heavy atom. The van der Waals surface area contributed by atoms with Crippen LogP contribution in [0.2, 0.25) is 0 Å². The van der Waals surface area contributed by atoms with Gasteiger partial charge in [-0.05, 0) is 13.8 Å². The monoisotopic (exact) mass is 261 g/mol. The number of nitrogens with zero attached hydrogens (tertiary/aromatic N) is 5. The molecule has 2 heterocycles. The third kappa shape index (κ3) is 3.47. The summed E-state index contributed by atoms with van der Waals surface area (Å²) in [5.41, 5.74) is 6.43. The van der Waals surface area contributed by atoms with Crippen LogP contribution in [-0.2, 0) is 19.5 Å². The van der Waals surface area contributed by atoms with Gasteiger partial charge < -0.3 is 15.6 Å². The Morgan fingerprint density at radius 3 is 2.95 bits per heavy atom. The van der Waals surface area contributed by atoms with Crippen molar-refractivity contribution in [1.82, 2.24) is 24.7 Å². The van der Waals surface area contributed by atoms with Gasteiger partial charge in [-0.15, -0.1) is 10.2 Å². The first kappa shape index (κ1) is 13.4. The van der Waals surface area contributed by atoms with Gasteiger partial charge in [0.05, 0.1) is 5.69 Å². The second kappa shape index (κ2) is 6.24. The van der Waals surface area contributed by atoms with Crippen LogP contribution in [-0.4, -0.2) is 31.3 Å². The van der Waals surface area contributed by atoms with Crippen molar-refractivity contribution in [3.8, 4) is 0 Å². The zero-order valence-electron chi connectivity index (χ0n) is 11.3. The zero-order valence-corrected chi connectivity index (χ0v) is 11.3. The maximum absolute atomic E-state index is 5.59. The van der Waals surface area contributed by atoms with Crippen LogP contribution in [0.1, 0.15) is 24.3 Å². The molecular weight excluding hydrogens is 242 g/mol. The number of aromatic nitrogens is 5. The standard InChI is InChI=1S/C12H19N7/c1-3-19-8-15-18-12(19)4-5-14-11-6-10(7-13)16-9(2)17-11/h6,8H,3-5,7,13H2,1-2H3,(H,14,16,17). The molecule has 3 N–H and O–H groups in total. The van der Waals surface area contributed by atoms with Crippen molar-refractivity contribution in [3.05, 3.63) is 29.7 Å². The van der Waals surface area contributed by atoms with Crippen LogP contribution in [0.15, 0.2) is 12.4 Å². The van der Waals surface area contributed by atoms with Crippen LogP contribution in [0.25, 0.3) is 0 Å². The van der Waals surface area contributed by atoms with Crippen molar-refractivity contribution >= 4 is 5.82 Å². The molecule has 0 saturated carbocycles. The largest absolute Gasteiger partial charge is 0.370 e. The smallest absolute Gasteiger partial charge is 0.134 e. The minimum atomic E-state index is 0.419. The minimum Gasteiger partial charge on any atom is -0.370 e. The van der Waals surface area contributed by atoms with E-state index in [4.69, 9.17) is 5.73 Å².